The summed E-state index contributed by atoms with van der Waals surface area (Å²) in [5.41, 5.74) is 1.87. The Balaban J connectivity index is 2.26. The van der Waals surface area contributed by atoms with Gasteiger partial charge in [-0.25, -0.2) is 4.98 Å². The molecule has 0 bridgehead atoms. The first-order valence-corrected chi connectivity index (χ1v) is 5.08. The average Bonchev–Trinajstić information content (AvgIpc) is 2.72. The summed E-state index contributed by atoms with van der Waals surface area (Å²) in [6.45, 7) is 5.28. The summed E-state index contributed by atoms with van der Waals surface area (Å²) in [6.07, 6.45) is 1.25. The van der Waals surface area contributed by atoms with Gasteiger partial charge in [0, 0.05) is 0 Å². The zero-order valence-corrected chi connectivity index (χ0v) is 9.03. The maximum Gasteiger partial charge on any atom is 0.243 e. The lowest BCUT2D eigenvalue weighted by Crippen LogP contribution is -2.25. The zero-order valence-electron chi connectivity index (χ0n) is 9.03. The molecule has 2 N–H and O–H groups in total. The van der Waals surface area contributed by atoms with Gasteiger partial charge in [0.05, 0.1) is 17.1 Å². The summed E-state index contributed by atoms with van der Waals surface area (Å²) in [4.78, 5) is 18.7. The summed E-state index contributed by atoms with van der Waals surface area (Å²) in [5.74, 6) is 0.546. The predicted octanol–water partition coefficient (Wildman–Crippen LogP) is 1.93. The Bertz CT molecular complexity index is 497. The molecule has 4 heteroatoms. The number of nitrogens with one attached hydrogen (secondary N) is 2. The van der Waals surface area contributed by atoms with Crippen molar-refractivity contribution >= 4 is 16.9 Å². The van der Waals surface area contributed by atoms with Crippen LogP contribution in [0.1, 0.15) is 18.8 Å². The minimum Gasteiger partial charge on any atom is -0.343 e. The lowest BCUT2D eigenvalue weighted by molar-refractivity contribution is -0.117. The van der Waals surface area contributed by atoms with E-state index in [0.717, 1.165) is 16.9 Å². The lowest BCUT2D eigenvalue weighted by atomic mass is 10.3. The van der Waals surface area contributed by atoms with Crippen molar-refractivity contribution in [1.82, 2.24) is 15.3 Å². The van der Waals surface area contributed by atoms with E-state index in [2.05, 4.69) is 21.9 Å². The quantitative estimate of drug-likeness (QED) is 0.768. The van der Waals surface area contributed by atoms with Crippen molar-refractivity contribution in [1.29, 1.82) is 0 Å². The van der Waals surface area contributed by atoms with Crippen LogP contribution in [0.25, 0.3) is 11.0 Å². The van der Waals surface area contributed by atoms with Crippen LogP contribution in [0.4, 0.5) is 0 Å². The van der Waals surface area contributed by atoms with Crippen LogP contribution in [0.3, 0.4) is 0 Å². The molecule has 4 nitrogen and oxygen atoms in total. The monoisotopic (exact) mass is 215 g/mol. The number of H-pyrrole nitrogens is 1. The molecule has 1 aromatic carbocycles. The van der Waals surface area contributed by atoms with Crippen LogP contribution in [0.2, 0.25) is 0 Å². The largest absolute Gasteiger partial charge is 0.343 e. The summed E-state index contributed by atoms with van der Waals surface area (Å²) >= 11 is 0. The Morgan fingerprint density at radius 3 is 3.00 bits per heavy atom. The van der Waals surface area contributed by atoms with Crippen LogP contribution in [-0.4, -0.2) is 15.9 Å². The highest BCUT2D eigenvalue weighted by Crippen LogP contribution is 2.15. The van der Waals surface area contributed by atoms with Crippen molar-refractivity contribution in [2.75, 3.05) is 0 Å². The molecule has 1 aromatic heterocycles. The van der Waals surface area contributed by atoms with Gasteiger partial charge in [-0.05, 0) is 25.1 Å². The third-order valence-electron chi connectivity index (χ3n) is 2.36. The number of hydrogen-bond donors (Lipinski definition) is 2. The molecule has 0 saturated carbocycles. The molecule has 2 rings (SSSR count). The molecule has 0 fully saturated rings. The Labute approximate surface area is 93.4 Å². The normalized spacial score (nSPS) is 12.3. The van der Waals surface area contributed by atoms with Gasteiger partial charge >= 0.3 is 0 Å². The molecule has 0 spiro atoms. The summed E-state index contributed by atoms with van der Waals surface area (Å²) in [5, 5.41) is 2.76. The lowest BCUT2D eigenvalue weighted by Gasteiger charge is -2.08. The maximum absolute atomic E-state index is 11.1. The van der Waals surface area contributed by atoms with Gasteiger partial charge in [-0.3, -0.25) is 4.79 Å². The van der Waals surface area contributed by atoms with Gasteiger partial charge in [0.25, 0.3) is 0 Å². The van der Waals surface area contributed by atoms with Gasteiger partial charge in [0.2, 0.25) is 5.91 Å². The molecular formula is C12H13N3O. The van der Waals surface area contributed by atoms with E-state index in [-0.39, 0.29) is 11.9 Å². The minimum absolute atomic E-state index is 0.155. The number of nitrogens with zero attached hydrogens (tertiary/aromatic N) is 1. The van der Waals surface area contributed by atoms with Crippen molar-refractivity contribution in [3.8, 4) is 0 Å². The van der Waals surface area contributed by atoms with Gasteiger partial charge in [0.1, 0.15) is 5.82 Å². The first-order valence-electron chi connectivity index (χ1n) is 5.08. The Morgan fingerprint density at radius 1 is 1.56 bits per heavy atom. The summed E-state index contributed by atoms with van der Waals surface area (Å²) in [7, 11) is 0. The third-order valence-corrected chi connectivity index (χ3v) is 2.36. The highest BCUT2D eigenvalue weighted by atomic mass is 16.1. The number of carbonyl (C=O) groups excluding carboxylic acids is 1. The number of imidazole rings is 1. The van der Waals surface area contributed by atoms with Crippen molar-refractivity contribution in [2.45, 2.75) is 13.0 Å². The molecule has 0 aliphatic rings. The molecule has 1 heterocycles. The number of benzene rings is 1. The number of aromatic amines is 1. The van der Waals surface area contributed by atoms with Crippen LogP contribution >= 0.6 is 0 Å². The number of fused-ring (bicyclic) bond motifs is 1. The number of aromatic nitrogens is 2. The van der Waals surface area contributed by atoms with Gasteiger partial charge in [-0.1, -0.05) is 18.7 Å². The highest BCUT2D eigenvalue weighted by molar-refractivity contribution is 5.87. The van der Waals surface area contributed by atoms with Crippen LogP contribution in [0, 0.1) is 0 Å². The number of carbonyl (C=O) groups is 1. The van der Waals surface area contributed by atoms with Gasteiger partial charge < -0.3 is 10.3 Å². The smallest absolute Gasteiger partial charge is 0.243 e. The second kappa shape index (κ2) is 4.18. The standard InChI is InChI=1S/C12H13N3O/c1-3-11(16)13-8(2)12-14-9-6-4-5-7-10(9)15-12/h3-8H,1H2,2H3,(H,13,16)(H,14,15). The zero-order chi connectivity index (χ0) is 11.5. The predicted molar refractivity (Wildman–Crippen MR) is 62.8 cm³/mol. The second-order valence-electron chi connectivity index (χ2n) is 3.57. The average molecular weight is 215 g/mol. The molecule has 2 aromatic rings. The topological polar surface area (TPSA) is 57.8 Å². The van der Waals surface area contributed by atoms with E-state index in [9.17, 15) is 4.79 Å². The van der Waals surface area contributed by atoms with E-state index in [4.69, 9.17) is 0 Å². The van der Waals surface area contributed by atoms with Gasteiger partial charge in [-0.2, -0.15) is 0 Å². The fourth-order valence-corrected chi connectivity index (χ4v) is 1.52. The van der Waals surface area contributed by atoms with Gasteiger partial charge in [0.15, 0.2) is 0 Å². The molecule has 0 saturated heterocycles. The fourth-order valence-electron chi connectivity index (χ4n) is 1.52. The maximum atomic E-state index is 11.1. The highest BCUT2D eigenvalue weighted by Gasteiger charge is 2.11. The van der Waals surface area contributed by atoms with Crippen LogP contribution < -0.4 is 5.32 Å². The van der Waals surface area contributed by atoms with E-state index >= 15 is 0 Å². The van der Waals surface area contributed by atoms with E-state index < -0.39 is 0 Å². The van der Waals surface area contributed by atoms with Crippen molar-refractivity contribution in [2.24, 2.45) is 0 Å². The number of hydrogen-bond acceptors (Lipinski definition) is 2. The van der Waals surface area contributed by atoms with Crippen molar-refractivity contribution in [3.63, 3.8) is 0 Å². The van der Waals surface area contributed by atoms with Crippen LogP contribution in [0.15, 0.2) is 36.9 Å². The van der Waals surface area contributed by atoms with Gasteiger partial charge in [-0.15, -0.1) is 0 Å². The van der Waals surface area contributed by atoms with E-state index in [1.165, 1.54) is 6.08 Å². The molecule has 16 heavy (non-hydrogen) atoms. The fraction of sp³-hybridized carbons (Fsp3) is 0.167. The van der Waals surface area contributed by atoms with E-state index in [0.29, 0.717) is 0 Å². The number of para-hydroxylation sites is 2. The number of rotatable bonds is 3. The molecule has 0 aliphatic heterocycles. The molecule has 0 aliphatic carbocycles. The SMILES string of the molecule is C=CC(=O)NC(C)c1nc2ccccc2[nH]1. The molecule has 1 amide bonds. The second-order valence-corrected chi connectivity index (χ2v) is 3.57. The van der Waals surface area contributed by atoms with E-state index in [1.54, 1.807) is 0 Å². The molecule has 0 radical (unpaired) electrons. The Kier molecular flexibility index (Phi) is 2.72. The summed E-state index contributed by atoms with van der Waals surface area (Å²) < 4.78 is 0. The molecule has 82 valence electrons. The van der Waals surface area contributed by atoms with Crippen molar-refractivity contribution in [3.05, 3.63) is 42.7 Å². The first-order chi connectivity index (χ1) is 7.70. The first kappa shape index (κ1) is 10.4. The number of amides is 1. The molecule has 1 unspecified atom stereocenters. The molecular weight excluding hydrogens is 202 g/mol. The minimum atomic E-state index is -0.201. The summed E-state index contributed by atoms with van der Waals surface area (Å²) in [6, 6.07) is 7.60. The Hall–Kier alpha value is -2.10. The van der Waals surface area contributed by atoms with Crippen LogP contribution in [0.5, 0.6) is 0 Å². The molecule has 1 atom stereocenters. The third kappa shape index (κ3) is 1.95. The van der Waals surface area contributed by atoms with E-state index in [1.807, 2.05) is 31.2 Å². The van der Waals surface area contributed by atoms with Crippen molar-refractivity contribution < 1.29 is 4.79 Å². The van der Waals surface area contributed by atoms with Crippen LogP contribution in [-0.2, 0) is 4.79 Å². The Morgan fingerprint density at radius 2 is 2.31 bits per heavy atom.